The van der Waals surface area contributed by atoms with Crippen molar-refractivity contribution in [2.45, 2.75) is 45.1 Å². The van der Waals surface area contributed by atoms with Crippen LogP contribution in [0.4, 0.5) is 8.78 Å². The minimum Gasteiger partial charge on any atom is -0.422 e. The molecule has 0 amide bonds. The van der Waals surface area contributed by atoms with Crippen molar-refractivity contribution < 1.29 is 13.2 Å². The maximum Gasteiger partial charge on any atom is 0.146 e. The van der Waals surface area contributed by atoms with Crippen molar-refractivity contribution in [3.05, 3.63) is 35.4 Å². The van der Waals surface area contributed by atoms with Crippen molar-refractivity contribution >= 4 is 10.5 Å². The van der Waals surface area contributed by atoms with Gasteiger partial charge in [-0.15, -0.1) is 0 Å². The van der Waals surface area contributed by atoms with E-state index in [4.69, 9.17) is 4.43 Å². The Labute approximate surface area is 105 Å². The van der Waals surface area contributed by atoms with E-state index in [2.05, 4.69) is 13.8 Å². The molecule has 1 aromatic carbocycles. The fourth-order valence-corrected chi connectivity index (χ4v) is 2.86. The van der Waals surface area contributed by atoms with Gasteiger partial charge in [0.05, 0.1) is 5.60 Å². The molecule has 0 aliphatic rings. The number of rotatable bonds is 6. The first-order valence-electron chi connectivity index (χ1n) is 6.06. The molecule has 0 radical (unpaired) electrons. The van der Waals surface area contributed by atoms with Crippen LogP contribution in [0.25, 0.3) is 0 Å². The number of benzene rings is 1. The standard InChI is InChI=1S/C13H20F2OSi/c1-3-13(4-2,16-17)8-7-10-5-6-11(14)9-12(10)15/h5-6,9H,3-4,7-8H2,1-2,17H3. The Hall–Kier alpha value is -0.743. The summed E-state index contributed by atoms with van der Waals surface area (Å²) in [5, 5.41) is 0. The quantitative estimate of drug-likeness (QED) is 0.713. The molecule has 4 heteroatoms. The van der Waals surface area contributed by atoms with Crippen molar-refractivity contribution in [2.75, 3.05) is 0 Å². The van der Waals surface area contributed by atoms with Crippen molar-refractivity contribution in [2.24, 2.45) is 0 Å². The molecule has 0 N–H and O–H groups in total. The zero-order valence-electron chi connectivity index (χ0n) is 10.7. The highest BCUT2D eigenvalue weighted by molar-refractivity contribution is 5.98. The van der Waals surface area contributed by atoms with E-state index in [1.54, 1.807) is 0 Å². The predicted molar refractivity (Wildman–Crippen MR) is 69.0 cm³/mol. The molecule has 1 rings (SSSR count). The summed E-state index contributed by atoms with van der Waals surface area (Å²) in [4.78, 5) is 0. The van der Waals surface area contributed by atoms with Crippen LogP contribution in [0.15, 0.2) is 18.2 Å². The van der Waals surface area contributed by atoms with Crippen LogP contribution in [-0.4, -0.2) is 16.1 Å². The highest BCUT2D eigenvalue weighted by Gasteiger charge is 2.24. The van der Waals surface area contributed by atoms with Gasteiger partial charge in [0.15, 0.2) is 0 Å². The Morgan fingerprint density at radius 3 is 2.35 bits per heavy atom. The number of hydrogen-bond donors (Lipinski definition) is 0. The van der Waals surface area contributed by atoms with Crippen LogP contribution in [0.3, 0.4) is 0 Å². The molecule has 0 aliphatic carbocycles. The molecule has 17 heavy (non-hydrogen) atoms. The molecule has 1 nitrogen and oxygen atoms in total. The summed E-state index contributed by atoms with van der Waals surface area (Å²) >= 11 is 0. The Morgan fingerprint density at radius 2 is 1.88 bits per heavy atom. The first-order chi connectivity index (χ1) is 8.06. The van der Waals surface area contributed by atoms with Crippen LogP contribution >= 0.6 is 0 Å². The van der Waals surface area contributed by atoms with E-state index in [0.29, 0.717) is 22.5 Å². The van der Waals surface area contributed by atoms with E-state index in [-0.39, 0.29) is 5.60 Å². The highest BCUT2D eigenvalue weighted by atomic mass is 28.2. The summed E-state index contributed by atoms with van der Waals surface area (Å²) in [5.41, 5.74) is 0.434. The van der Waals surface area contributed by atoms with Gasteiger partial charge in [-0.05, 0) is 37.3 Å². The van der Waals surface area contributed by atoms with Gasteiger partial charge in [0.25, 0.3) is 0 Å². The van der Waals surface area contributed by atoms with Gasteiger partial charge in [-0.25, -0.2) is 8.78 Å². The molecule has 0 bridgehead atoms. The van der Waals surface area contributed by atoms with Crippen LogP contribution in [0.1, 0.15) is 38.7 Å². The van der Waals surface area contributed by atoms with Gasteiger partial charge in [-0.1, -0.05) is 19.9 Å². The Kier molecular flexibility index (Phi) is 5.27. The molecule has 0 saturated heterocycles. The number of halogens is 2. The van der Waals surface area contributed by atoms with Crippen LogP contribution in [-0.2, 0) is 10.8 Å². The zero-order chi connectivity index (χ0) is 12.9. The molecular formula is C13H20F2OSi. The third-order valence-corrected chi connectivity index (χ3v) is 4.45. The van der Waals surface area contributed by atoms with Gasteiger partial charge < -0.3 is 4.43 Å². The fourth-order valence-electron chi connectivity index (χ4n) is 2.08. The number of hydrogen-bond acceptors (Lipinski definition) is 1. The molecule has 0 spiro atoms. The van der Waals surface area contributed by atoms with E-state index in [0.717, 1.165) is 25.3 Å². The third kappa shape index (κ3) is 3.61. The summed E-state index contributed by atoms with van der Waals surface area (Å²) in [7, 11) is 0.685. The van der Waals surface area contributed by atoms with E-state index < -0.39 is 11.6 Å². The molecule has 0 heterocycles. The van der Waals surface area contributed by atoms with E-state index >= 15 is 0 Å². The molecule has 0 aromatic heterocycles. The van der Waals surface area contributed by atoms with Crippen LogP contribution < -0.4 is 0 Å². The molecule has 0 saturated carbocycles. The summed E-state index contributed by atoms with van der Waals surface area (Å²) in [6.45, 7) is 4.17. The normalized spacial score (nSPS) is 12.0. The van der Waals surface area contributed by atoms with Gasteiger partial charge in [-0.2, -0.15) is 0 Å². The third-order valence-electron chi connectivity index (χ3n) is 3.59. The molecule has 96 valence electrons. The topological polar surface area (TPSA) is 9.23 Å². The predicted octanol–water partition coefficient (Wildman–Crippen LogP) is 2.75. The van der Waals surface area contributed by atoms with Gasteiger partial charge in [0.1, 0.15) is 22.1 Å². The minimum absolute atomic E-state index is 0.132. The minimum atomic E-state index is -0.525. The SMILES string of the molecule is CCC(CC)(CCc1ccc(F)cc1F)O[SiH3]. The first-order valence-corrected chi connectivity index (χ1v) is 6.87. The van der Waals surface area contributed by atoms with E-state index in [9.17, 15) is 8.78 Å². The second-order valence-corrected chi connectivity index (χ2v) is 4.74. The second-order valence-electron chi connectivity index (χ2n) is 4.33. The van der Waals surface area contributed by atoms with Crippen molar-refractivity contribution in [1.29, 1.82) is 0 Å². The molecule has 0 unspecified atom stereocenters. The summed E-state index contributed by atoms with van der Waals surface area (Å²) in [6.07, 6.45) is 3.23. The van der Waals surface area contributed by atoms with Gasteiger partial charge in [-0.3, -0.25) is 0 Å². The van der Waals surface area contributed by atoms with Crippen LogP contribution in [0.2, 0.25) is 0 Å². The second kappa shape index (κ2) is 6.26. The fraction of sp³-hybridized carbons (Fsp3) is 0.538. The van der Waals surface area contributed by atoms with Crippen molar-refractivity contribution in [3.63, 3.8) is 0 Å². The molecular weight excluding hydrogens is 238 g/mol. The maximum atomic E-state index is 13.5. The van der Waals surface area contributed by atoms with Gasteiger partial charge in [0.2, 0.25) is 0 Å². The average molecular weight is 258 g/mol. The largest absolute Gasteiger partial charge is 0.422 e. The number of aryl methyl sites for hydroxylation is 1. The lowest BCUT2D eigenvalue weighted by atomic mass is 9.90. The Morgan fingerprint density at radius 1 is 1.24 bits per heavy atom. The lowest BCUT2D eigenvalue weighted by molar-refractivity contribution is 0.0614. The van der Waals surface area contributed by atoms with Gasteiger partial charge in [0, 0.05) is 6.07 Å². The van der Waals surface area contributed by atoms with Crippen LogP contribution in [0, 0.1) is 11.6 Å². The smallest absolute Gasteiger partial charge is 0.146 e. The monoisotopic (exact) mass is 258 g/mol. The Bertz CT molecular complexity index is 356. The molecule has 0 fully saturated rings. The molecule has 1 aromatic rings. The van der Waals surface area contributed by atoms with Gasteiger partial charge >= 0.3 is 0 Å². The first kappa shape index (κ1) is 14.3. The highest BCUT2D eigenvalue weighted by Crippen LogP contribution is 2.26. The summed E-state index contributed by atoms with van der Waals surface area (Å²) < 4.78 is 31.9. The Balaban J connectivity index is 2.72. The summed E-state index contributed by atoms with van der Waals surface area (Å²) in [5.74, 6) is -0.984. The van der Waals surface area contributed by atoms with E-state index in [1.165, 1.54) is 12.1 Å². The lowest BCUT2D eigenvalue weighted by Gasteiger charge is -2.31. The maximum absolute atomic E-state index is 13.5. The molecule has 0 atom stereocenters. The van der Waals surface area contributed by atoms with E-state index in [1.807, 2.05) is 0 Å². The lowest BCUT2D eigenvalue weighted by Crippen LogP contribution is -2.31. The average Bonchev–Trinajstić information content (AvgIpc) is 2.33. The van der Waals surface area contributed by atoms with Crippen molar-refractivity contribution in [1.82, 2.24) is 0 Å². The van der Waals surface area contributed by atoms with Crippen molar-refractivity contribution in [3.8, 4) is 0 Å². The summed E-state index contributed by atoms with van der Waals surface area (Å²) in [6, 6.07) is 3.77. The zero-order valence-corrected chi connectivity index (χ0v) is 12.7. The molecule has 0 aliphatic heterocycles. The van der Waals surface area contributed by atoms with Crippen LogP contribution in [0.5, 0.6) is 0 Å².